The summed E-state index contributed by atoms with van der Waals surface area (Å²) in [5.74, 6) is 0.861. The first-order chi connectivity index (χ1) is 18.5. The molecule has 1 aromatic heterocycles. The van der Waals surface area contributed by atoms with Crippen LogP contribution in [-0.2, 0) is 16.0 Å². The van der Waals surface area contributed by atoms with Crippen LogP contribution in [0.3, 0.4) is 0 Å². The summed E-state index contributed by atoms with van der Waals surface area (Å²) in [5, 5.41) is 2.02. The molecule has 1 atom stereocenters. The van der Waals surface area contributed by atoms with Gasteiger partial charge in [-0.3, -0.25) is 9.59 Å². The van der Waals surface area contributed by atoms with Crippen molar-refractivity contribution in [3.8, 4) is 17.2 Å². The monoisotopic (exact) mass is 540 g/mol. The molecule has 3 heterocycles. The predicted molar refractivity (Wildman–Crippen MR) is 139 cm³/mol. The highest BCUT2D eigenvalue weighted by Gasteiger charge is 2.34. The Labute approximate surface area is 224 Å². The van der Waals surface area contributed by atoms with E-state index < -0.39 is 0 Å². The lowest BCUT2D eigenvalue weighted by atomic mass is 10.0. The number of nitrogens with zero attached hydrogens (tertiary/aromatic N) is 2. The first-order valence-electron chi connectivity index (χ1n) is 12.5. The number of thiophene rings is 1. The molecule has 10 heteroatoms. The van der Waals surface area contributed by atoms with Crippen molar-refractivity contribution in [1.29, 1.82) is 0 Å². The molecule has 2 aliphatic heterocycles. The lowest BCUT2D eigenvalue weighted by Crippen LogP contribution is -2.48. The van der Waals surface area contributed by atoms with Gasteiger partial charge in [-0.2, -0.15) is 0 Å². The largest absolute Gasteiger partial charge is 0.491 e. The first kappa shape index (κ1) is 26.0. The fraction of sp³-hybridized carbons (Fsp3) is 0.357. The number of hydrogen-bond acceptors (Lipinski definition) is 7. The molecule has 200 valence electrons. The van der Waals surface area contributed by atoms with E-state index >= 15 is 0 Å². The van der Waals surface area contributed by atoms with Crippen LogP contribution in [0.15, 0.2) is 53.9 Å². The number of benzene rings is 2. The molecule has 0 N–H and O–H groups in total. The highest BCUT2D eigenvalue weighted by molar-refractivity contribution is 7.10. The van der Waals surface area contributed by atoms with Gasteiger partial charge < -0.3 is 28.7 Å². The van der Waals surface area contributed by atoms with Gasteiger partial charge in [-0.25, -0.2) is 4.39 Å². The Kier molecular flexibility index (Phi) is 8.09. The summed E-state index contributed by atoms with van der Waals surface area (Å²) in [4.78, 5) is 31.8. The predicted octanol–water partition coefficient (Wildman–Crippen LogP) is 4.30. The fourth-order valence-electron chi connectivity index (χ4n) is 4.70. The smallest absolute Gasteiger partial charge is 0.254 e. The van der Waals surface area contributed by atoms with Crippen LogP contribution in [0.4, 0.5) is 4.39 Å². The second-order valence-electron chi connectivity index (χ2n) is 9.06. The Morgan fingerprint density at radius 3 is 2.76 bits per heavy atom. The average molecular weight is 541 g/mol. The number of carbonyl (C=O) groups is 2. The number of ether oxygens (including phenoxy) is 4. The van der Waals surface area contributed by atoms with Crippen molar-refractivity contribution >= 4 is 23.2 Å². The summed E-state index contributed by atoms with van der Waals surface area (Å²) in [5.41, 5.74) is 1.47. The third kappa shape index (κ3) is 5.76. The number of amides is 2. The SMILES string of the molecule is COCCCN(CC(=O)N1CCc2sccc2[C@H]1COc1ccc(F)cc1)C(=O)c1ccc2c(c1)OCO2. The van der Waals surface area contributed by atoms with Crippen LogP contribution in [0.5, 0.6) is 17.2 Å². The van der Waals surface area contributed by atoms with Crippen LogP contribution in [-0.4, -0.2) is 68.4 Å². The molecular weight excluding hydrogens is 511 g/mol. The standard InChI is InChI=1S/C28H29FN2O6S/c1-34-13-2-11-30(28(33)19-3-8-24-25(15-19)37-18-36-24)16-27(32)31-12-9-26-22(10-14-38-26)23(31)17-35-21-6-4-20(29)5-7-21/h3-8,10,14-15,23H,2,9,11-13,16-18H2,1H3/t23-/m1/s1. The Morgan fingerprint density at radius 2 is 1.95 bits per heavy atom. The van der Waals surface area contributed by atoms with Gasteiger partial charge in [0.25, 0.3) is 5.91 Å². The Bertz CT molecular complexity index is 1280. The first-order valence-corrected chi connectivity index (χ1v) is 13.3. The molecule has 0 bridgehead atoms. The van der Waals surface area contributed by atoms with Crippen LogP contribution < -0.4 is 14.2 Å². The van der Waals surface area contributed by atoms with Crippen molar-refractivity contribution in [2.75, 3.05) is 46.8 Å². The van der Waals surface area contributed by atoms with Gasteiger partial charge in [-0.1, -0.05) is 0 Å². The van der Waals surface area contributed by atoms with Gasteiger partial charge in [0.15, 0.2) is 11.5 Å². The van der Waals surface area contributed by atoms with Crippen molar-refractivity contribution in [3.63, 3.8) is 0 Å². The van der Waals surface area contributed by atoms with Gasteiger partial charge >= 0.3 is 0 Å². The molecule has 2 aromatic carbocycles. The Balaban J connectivity index is 1.33. The summed E-state index contributed by atoms with van der Waals surface area (Å²) in [6, 6.07) is 12.6. The van der Waals surface area contributed by atoms with E-state index in [1.807, 2.05) is 11.4 Å². The number of halogens is 1. The third-order valence-electron chi connectivity index (χ3n) is 6.65. The number of fused-ring (bicyclic) bond motifs is 2. The molecule has 0 radical (unpaired) electrons. The minimum Gasteiger partial charge on any atom is -0.491 e. The second-order valence-corrected chi connectivity index (χ2v) is 10.1. The van der Waals surface area contributed by atoms with Crippen LogP contribution in [0, 0.1) is 5.82 Å². The molecule has 0 saturated carbocycles. The van der Waals surface area contributed by atoms with Gasteiger partial charge in [0.1, 0.15) is 24.7 Å². The summed E-state index contributed by atoms with van der Waals surface area (Å²) < 4.78 is 35.3. The number of carbonyl (C=O) groups excluding carboxylic acids is 2. The van der Waals surface area contributed by atoms with E-state index in [-0.39, 0.29) is 43.6 Å². The van der Waals surface area contributed by atoms with Crippen LogP contribution in [0.25, 0.3) is 0 Å². The Morgan fingerprint density at radius 1 is 1.13 bits per heavy atom. The Hall–Kier alpha value is -3.63. The van der Waals surface area contributed by atoms with Crippen LogP contribution >= 0.6 is 11.3 Å². The normalized spacial score (nSPS) is 15.7. The summed E-state index contributed by atoms with van der Waals surface area (Å²) in [6.45, 7) is 1.61. The van der Waals surface area contributed by atoms with Crippen molar-refractivity contribution in [1.82, 2.24) is 9.80 Å². The van der Waals surface area contributed by atoms with E-state index in [0.29, 0.717) is 48.9 Å². The van der Waals surface area contributed by atoms with E-state index in [4.69, 9.17) is 18.9 Å². The van der Waals surface area contributed by atoms with Gasteiger partial charge in [0.2, 0.25) is 12.7 Å². The highest BCUT2D eigenvalue weighted by Crippen LogP contribution is 2.35. The third-order valence-corrected chi connectivity index (χ3v) is 7.64. The lowest BCUT2D eigenvalue weighted by Gasteiger charge is -2.37. The van der Waals surface area contributed by atoms with E-state index in [1.165, 1.54) is 17.0 Å². The van der Waals surface area contributed by atoms with Crippen molar-refractivity contribution in [2.24, 2.45) is 0 Å². The maximum absolute atomic E-state index is 13.7. The molecule has 0 spiro atoms. The van der Waals surface area contributed by atoms with E-state index in [9.17, 15) is 14.0 Å². The molecule has 8 nitrogen and oxygen atoms in total. The zero-order valence-electron chi connectivity index (χ0n) is 21.1. The number of hydrogen-bond donors (Lipinski definition) is 0. The van der Waals surface area contributed by atoms with E-state index in [2.05, 4.69) is 0 Å². The average Bonchev–Trinajstić information content (AvgIpc) is 3.61. The molecule has 5 rings (SSSR count). The zero-order chi connectivity index (χ0) is 26.5. The highest BCUT2D eigenvalue weighted by atomic mass is 32.1. The molecule has 0 unspecified atom stereocenters. The second kappa shape index (κ2) is 11.8. The minimum absolute atomic E-state index is 0.0799. The van der Waals surface area contributed by atoms with Crippen molar-refractivity contribution in [3.05, 3.63) is 75.7 Å². The fourth-order valence-corrected chi connectivity index (χ4v) is 5.63. The van der Waals surface area contributed by atoms with Crippen molar-refractivity contribution < 1.29 is 32.9 Å². The van der Waals surface area contributed by atoms with Gasteiger partial charge in [-0.15, -0.1) is 11.3 Å². The molecule has 3 aromatic rings. The summed E-state index contributed by atoms with van der Waals surface area (Å²) >= 11 is 1.66. The summed E-state index contributed by atoms with van der Waals surface area (Å²) in [7, 11) is 1.60. The summed E-state index contributed by atoms with van der Waals surface area (Å²) in [6.07, 6.45) is 1.33. The van der Waals surface area contributed by atoms with E-state index in [0.717, 1.165) is 12.0 Å². The number of methoxy groups -OCH3 is 1. The topological polar surface area (TPSA) is 77.5 Å². The van der Waals surface area contributed by atoms with Gasteiger partial charge in [0.05, 0.1) is 6.04 Å². The van der Waals surface area contributed by atoms with Crippen LogP contribution in [0.2, 0.25) is 0 Å². The van der Waals surface area contributed by atoms with Crippen molar-refractivity contribution in [2.45, 2.75) is 18.9 Å². The van der Waals surface area contributed by atoms with Gasteiger partial charge in [0, 0.05) is 37.2 Å². The molecule has 0 aliphatic carbocycles. The van der Waals surface area contributed by atoms with Gasteiger partial charge in [-0.05, 0) is 72.3 Å². The number of rotatable bonds is 10. The minimum atomic E-state index is -0.340. The lowest BCUT2D eigenvalue weighted by molar-refractivity contribution is -0.135. The zero-order valence-corrected chi connectivity index (χ0v) is 21.9. The maximum atomic E-state index is 13.7. The maximum Gasteiger partial charge on any atom is 0.254 e. The van der Waals surface area contributed by atoms with Crippen LogP contribution in [0.1, 0.15) is 33.3 Å². The molecular formula is C28H29FN2O6S. The molecule has 2 aliphatic rings. The molecule has 2 amide bonds. The molecule has 0 fully saturated rings. The van der Waals surface area contributed by atoms with E-state index in [1.54, 1.807) is 58.6 Å². The molecule has 38 heavy (non-hydrogen) atoms. The quantitative estimate of drug-likeness (QED) is 0.357. The molecule has 0 saturated heterocycles.